The molecule has 0 amide bonds. The summed E-state index contributed by atoms with van der Waals surface area (Å²) in [7, 11) is 3.66. The summed E-state index contributed by atoms with van der Waals surface area (Å²) in [6.07, 6.45) is 3.30. The van der Waals surface area contributed by atoms with Crippen molar-refractivity contribution in [3.63, 3.8) is 0 Å². The van der Waals surface area contributed by atoms with Crippen LogP contribution < -0.4 is 5.73 Å². The fraction of sp³-hybridized carbons (Fsp3) is 1.00. The summed E-state index contributed by atoms with van der Waals surface area (Å²) in [5.41, 5.74) is 6.05. The van der Waals surface area contributed by atoms with Crippen LogP contribution >= 0.6 is 0 Å². The number of likely N-dealkylation sites (N-methyl/N-ethyl adjacent to an activating group) is 1. The molecule has 0 aliphatic heterocycles. The smallest absolute Gasteiger partial charge is 0.0899 e. The van der Waals surface area contributed by atoms with Gasteiger partial charge in [-0.1, -0.05) is 0 Å². The van der Waals surface area contributed by atoms with Crippen LogP contribution in [0.15, 0.2) is 0 Å². The van der Waals surface area contributed by atoms with Gasteiger partial charge >= 0.3 is 0 Å². The number of rotatable bonds is 8. The maximum Gasteiger partial charge on any atom is 0.0899 e. The van der Waals surface area contributed by atoms with Gasteiger partial charge in [-0.2, -0.15) is 0 Å². The Morgan fingerprint density at radius 2 is 2.20 bits per heavy atom. The third-order valence-electron chi connectivity index (χ3n) is 3.12. The molecule has 4 heteroatoms. The van der Waals surface area contributed by atoms with Crippen molar-refractivity contribution in [1.82, 2.24) is 4.90 Å². The highest BCUT2D eigenvalue weighted by molar-refractivity contribution is 4.95. The van der Waals surface area contributed by atoms with E-state index in [4.69, 9.17) is 10.5 Å². The van der Waals surface area contributed by atoms with Gasteiger partial charge in [-0.15, -0.1) is 0 Å². The third-order valence-corrected chi connectivity index (χ3v) is 3.12. The third kappa shape index (κ3) is 4.47. The molecule has 0 heterocycles. The van der Waals surface area contributed by atoms with Crippen molar-refractivity contribution >= 4 is 0 Å². The molecule has 1 fully saturated rings. The molecule has 0 bridgehead atoms. The van der Waals surface area contributed by atoms with Gasteiger partial charge in [0.2, 0.25) is 0 Å². The monoisotopic (exact) mass is 216 g/mol. The molecule has 4 nitrogen and oxygen atoms in total. The Labute approximate surface area is 92.4 Å². The van der Waals surface area contributed by atoms with Crippen LogP contribution in [0, 0.1) is 5.41 Å². The molecule has 0 spiro atoms. The Morgan fingerprint density at radius 1 is 1.53 bits per heavy atom. The fourth-order valence-corrected chi connectivity index (χ4v) is 2.21. The van der Waals surface area contributed by atoms with Gasteiger partial charge in [0.25, 0.3) is 0 Å². The zero-order chi connectivity index (χ0) is 11.3. The number of nitrogens with zero attached hydrogens (tertiary/aromatic N) is 1. The number of methoxy groups -OCH3 is 1. The lowest BCUT2D eigenvalue weighted by Gasteiger charge is -2.25. The highest BCUT2D eigenvalue weighted by Crippen LogP contribution is 2.48. The summed E-state index contributed by atoms with van der Waals surface area (Å²) >= 11 is 0. The Kier molecular flexibility index (Phi) is 4.99. The predicted octanol–water partition coefficient (Wildman–Crippen LogP) is 0.0545. The van der Waals surface area contributed by atoms with E-state index in [0.29, 0.717) is 18.6 Å². The lowest BCUT2D eigenvalue weighted by Crippen LogP contribution is -2.36. The first-order valence-electron chi connectivity index (χ1n) is 5.67. The second kappa shape index (κ2) is 5.80. The van der Waals surface area contributed by atoms with Crippen molar-refractivity contribution in [3.05, 3.63) is 0 Å². The standard InChI is InChI=1S/C11H24N2O2/c1-13(7-10(14)8-15-2)9-11(3-4-11)5-6-12/h10,14H,3-9,12H2,1-2H3. The average Bonchev–Trinajstić information content (AvgIpc) is 2.85. The summed E-state index contributed by atoms with van der Waals surface area (Å²) in [6.45, 7) is 2.91. The second-order valence-corrected chi connectivity index (χ2v) is 4.84. The maximum atomic E-state index is 9.58. The zero-order valence-corrected chi connectivity index (χ0v) is 9.91. The van der Waals surface area contributed by atoms with Crippen molar-refractivity contribution < 1.29 is 9.84 Å². The number of hydrogen-bond donors (Lipinski definition) is 2. The Hall–Kier alpha value is -0.160. The molecule has 3 N–H and O–H groups in total. The lowest BCUT2D eigenvalue weighted by molar-refractivity contribution is 0.0391. The van der Waals surface area contributed by atoms with E-state index in [9.17, 15) is 5.11 Å². The van der Waals surface area contributed by atoms with Gasteiger partial charge in [-0.25, -0.2) is 0 Å². The first-order valence-corrected chi connectivity index (χ1v) is 5.67. The first kappa shape index (κ1) is 12.9. The molecule has 0 aromatic carbocycles. The minimum atomic E-state index is -0.381. The quantitative estimate of drug-likeness (QED) is 0.602. The van der Waals surface area contributed by atoms with E-state index in [0.717, 1.165) is 19.5 Å². The molecule has 0 radical (unpaired) electrons. The van der Waals surface area contributed by atoms with E-state index in [2.05, 4.69) is 11.9 Å². The van der Waals surface area contributed by atoms with Gasteiger partial charge in [0.1, 0.15) is 0 Å². The van der Waals surface area contributed by atoms with Crippen LogP contribution in [0.2, 0.25) is 0 Å². The van der Waals surface area contributed by atoms with Crippen molar-refractivity contribution in [2.75, 3.05) is 40.4 Å². The SMILES string of the molecule is COCC(O)CN(C)CC1(CCN)CC1. The Bertz CT molecular complexity index is 183. The highest BCUT2D eigenvalue weighted by Gasteiger charge is 2.42. The molecule has 0 aromatic rings. The fourth-order valence-electron chi connectivity index (χ4n) is 2.21. The lowest BCUT2D eigenvalue weighted by atomic mass is 10.0. The van der Waals surface area contributed by atoms with Gasteiger partial charge in [0.05, 0.1) is 12.7 Å². The summed E-state index contributed by atoms with van der Waals surface area (Å²) in [5, 5.41) is 9.58. The normalized spacial score (nSPS) is 20.6. The van der Waals surface area contributed by atoms with Crippen LogP contribution in [0.1, 0.15) is 19.3 Å². The molecule has 1 unspecified atom stereocenters. The van der Waals surface area contributed by atoms with Gasteiger partial charge in [0.15, 0.2) is 0 Å². The summed E-state index contributed by atoms with van der Waals surface area (Å²) < 4.78 is 4.90. The van der Waals surface area contributed by atoms with E-state index in [-0.39, 0.29) is 6.10 Å². The number of aliphatic hydroxyl groups excluding tert-OH is 1. The first-order chi connectivity index (χ1) is 7.12. The zero-order valence-electron chi connectivity index (χ0n) is 9.91. The molecule has 1 saturated carbocycles. The highest BCUT2D eigenvalue weighted by atomic mass is 16.5. The van der Waals surface area contributed by atoms with E-state index in [1.54, 1.807) is 7.11 Å². The predicted molar refractivity (Wildman–Crippen MR) is 60.7 cm³/mol. The van der Waals surface area contributed by atoms with Crippen molar-refractivity contribution in [2.45, 2.75) is 25.4 Å². The summed E-state index contributed by atoms with van der Waals surface area (Å²) in [5.74, 6) is 0. The molecule has 15 heavy (non-hydrogen) atoms. The van der Waals surface area contributed by atoms with Crippen LogP contribution in [-0.4, -0.2) is 56.5 Å². The van der Waals surface area contributed by atoms with Crippen molar-refractivity contribution in [1.29, 1.82) is 0 Å². The number of nitrogens with two attached hydrogens (primary N) is 1. The number of aliphatic hydroxyl groups is 1. The van der Waals surface area contributed by atoms with Gasteiger partial charge in [-0.3, -0.25) is 0 Å². The minimum Gasteiger partial charge on any atom is -0.389 e. The average molecular weight is 216 g/mol. The topological polar surface area (TPSA) is 58.7 Å². The summed E-state index contributed by atoms with van der Waals surface area (Å²) in [6, 6.07) is 0. The van der Waals surface area contributed by atoms with Crippen LogP contribution in [0.25, 0.3) is 0 Å². The van der Waals surface area contributed by atoms with E-state index in [1.807, 2.05) is 0 Å². The van der Waals surface area contributed by atoms with Gasteiger partial charge in [0, 0.05) is 20.2 Å². The largest absolute Gasteiger partial charge is 0.389 e. The summed E-state index contributed by atoms with van der Waals surface area (Å²) in [4.78, 5) is 2.19. The molecule has 0 aromatic heterocycles. The molecule has 90 valence electrons. The molecule has 1 rings (SSSR count). The van der Waals surface area contributed by atoms with Gasteiger partial charge < -0.3 is 20.5 Å². The number of ether oxygens (including phenoxy) is 1. The number of hydrogen-bond acceptors (Lipinski definition) is 4. The van der Waals surface area contributed by atoms with Crippen LogP contribution in [-0.2, 0) is 4.74 Å². The minimum absolute atomic E-state index is 0.381. The molecule has 0 saturated heterocycles. The van der Waals surface area contributed by atoms with Crippen LogP contribution in [0.3, 0.4) is 0 Å². The van der Waals surface area contributed by atoms with E-state index >= 15 is 0 Å². The van der Waals surface area contributed by atoms with Gasteiger partial charge in [-0.05, 0) is 38.3 Å². The Morgan fingerprint density at radius 3 is 2.67 bits per heavy atom. The molecular weight excluding hydrogens is 192 g/mol. The van der Waals surface area contributed by atoms with Crippen molar-refractivity contribution in [3.8, 4) is 0 Å². The molecule has 1 atom stereocenters. The second-order valence-electron chi connectivity index (χ2n) is 4.84. The van der Waals surface area contributed by atoms with E-state index in [1.165, 1.54) is 12.8 Å². The van der Waals surface area contributed by atoms with Crippen LogP contribution in [0.5, 0.6) is 0 Å². The molecule has 1 aliphatic rings. The Balaban J connectivity index is 2.20. The molecular formula is C11H24N2O2. The molecule has 1 aliphatic carbocycles. The maximum absolute atomic E-state index is 9.58. The van der Waals surface area contributed by atoms with Crippen molar-refractivity contribution in [2.24, 2.45) is 11.1 Å². The van der Waals surface area contributed by atoms with E-state index < -0.39 is 0 Å². The van der Waals surface area contributed by atoms with Crippen LogP contribution in [0.4, 0.5) is 0 Å².